The van der Waals surface area contributed by atoms with Gasteiger partial charge in [0.1, 0.15) is 0 Å². The van der Waals surface area contributed by atoms with E-state index < -0.39 is 8.32 Å². The summed E-state index contributed by atoms with van der Waals surface area (Å²) >= 11 is 0. The smallest absolute Gasteiger partial charge is 0.219 e. The molecule has 1 aliphatic rings. The van der Waals surface area contributed by atoms with Crippen LogP contribution in [0.3, 0.4) is 0 Å². The number of rotatable bonds is 0. The Bertz CT molecular complexity index is 306. The van der Waals surface area contributed by atoms with Crippen LogP contribution in [0, 0.1) is 0 Å². The van der Waals surface area contributed by atoms with Crippen molar-refractivity contribution in [1.82, 2.24) is 0 Å². The zero-order valence-electron chi connectivity index (χ0n) is 7.79. The molecule has 1 nitrogen and oxygen atoms in total. The molecule has 1 heterocycles. The van der Waals surface area contributed by atoms with Crippen molar-refractivity contribution in [3.63, 3.8) is 0 Å². The molecule has 0 spiro atoms. The van der Waals surface area contributed by atoms with E-state index in [0.717, 1.165) is 0 Å². The lowest BCUT2D eigenvalue weighted by Crippen LogP contribution is -2.39. The van der Waals surface area contributed by atoms with Crippen molar-refractivity contribution in [3.05, 3.63) is 29.8 Å². The van der Waals surface area contributed by atoms with Gasteiger partial charge in [-0.2, -0.15) is 0 Å². The lowest BCUT2D eigenvalue weighted by Gasteiger charge is -2.15. The molecule has 0 aromatic heterocycles. The van der Waals surface area contributed by atoms with Crippen LogP contribution in [0.25, 0.3) is 0 Å². The van der Waals surface area contributed by atoms with Crippen molar-refractivity contribution >= 4 is 13.5 Å². The first-order chi connectivity index (χ1) is 5.61. The predicted molar refractivity (Wildman–Crippen MR) is 53.1 cm³/mol. The molecule has 2 rings (SSSR count). The van der Waals surface area contributed by atoms with Gasteiger partial charge in [-0.15, -0.1) is 0 Å². The van der Waals surface area contributed by atoms with Gasteiger partial charge in [0.05, 0.1) is 6.10 Å². The Labute approximate surface area is 74.5 Å². The van der Waals surface area contributed by atoms with Crippen LogP contribution in [0.2, 0.25) is 13.1 Å². The summed E-state index contributed by atoms with van der Waals surface area (Å²) in [6.45, 7) is 6.66. The van der Waals surface area contributed by atoms with Gasteiger partial charge < -0.3 is 4.43 Å². The van der Waals surface area contributed by atoms with E-state index in [0.29, 0.717) is 6.10 Å². The zero-order valence-corrected chi connectivity index (χ0v) is 8.79. The lowest BCUT2D eigenvalue weighted by atomic mass is 10.1. The van der Waals surface area contributed by atoms with Gasteiger partial charge in [0, 0.05) is 0 Å². The fourth-order valence-corrected chi connectivity index (χ4v) is 4.59. The van der Waals surface area contributed by atoms with Crippen LogP contribution in [-0.4, -0.2) is 8.32 Å². The van der Waals surface area contributed by atoms with Crippen LogP contribution >= 0.6 is 0 Å². The van der Waals surface area contributed by atoms with Crippen molar-refractivity contribution in [1.29, 1.82) is 0 Å². The van der Waals surface area contributed by atoms with Gasteiger partial charge in [-0.05, 0) is 30.8 Å². The van der Waals surface area contributed by atoms with E-state index in [4.69, 9.17) is 4.43 Å². The predicted octanol–water partition coefficient (Wildman–Crippen LogP) is 2.19. The van der Waals surface area contributed by atoms with Crippen molar-refractivity contribution < 1.29 is 4.43 Å². The van der Waals surface area contributed by atoms with E-state index in [1.165, 1.54) is 10.8 Å². The molecule has 1 aromatic carbocycles. The van der Waals surface area contributed by atoms with Crippen molar-refractivity contribution in [2.45, 2.75) is 26.1 Å². The standard InChI is InChI=1S/C10H14OSi/c1-8-9-6-4-5-7-10(9)12(2,3)11-8/h4-8H,1-3H3/t8-/m0/s1. The molecule has 2 heteroatoms. The summed E-state index contributed by atoms with van der Waals surface area (Å²) in [7, 11) is -1.52. The van der Waals surface area contributed by atoms with Gasteiger partial charge in [0.15, 0.2) is 0 Å². The van der Waals surface area contributed by atoms with Gasteiger partial charge in [0.25, 0.3) is 0 Å². The average Bonchev–Trinajstić information content (AvgIpc) is 2.25. The fourth-order valence-electron chi connectivity index (χ4n) is 1.97. The normalized spacial score (nSPS) is 25.4. The largest absolute Gasteiger partial charge is 0.406 e. The molecular formula is C10H14OSi. The summed E-state index contributed by atoms with van der Waals surface area (Å²) in [4.78, 5) is 0. The maximum absolute atomic E-state index is 5.96. The van der Waals surface area contributed by atoms with Crippen molar-refractivity contribution in [2.75, 3.05) is 0 Å². The van der Waals surface area contributed by atoms with Crippen LogP contribution in [0.4, 0.5) is 0 Å². The Morgan fingerprint density at radius 1 is 1.25 bits per heavy atom. The van der Waals surface area contributed by atoms with Crippen LogP contribution in [-0.2, 0) is 4.43 Å². The van der Waals surface area contributed by atoms with Gasteiger partial charge in [-0.3, -0.25) is 0 Å². The maximum Gasteiger partial charge on any atom is 0.219 e. The minimum Gasteiger partial charge on any atom is -0.406 e. The van der Waals surface area contributed by atoms with E-state index in [1.807, 2.05) is 0 Å². The Balaban J connectivity index is 2.58. The van der Waals surface area contributed by atoms with E-state index in [9.17, 15) is 0 Å². The molecule has 1 atom stereocenters. The average molecular weight is 178 g/mol. The summed E-state index contributed by atoms with van der Waals surface area (Å²) in [6.07, 6.45) is 0.308. The highest BCUT2D eigenvalue weighted by Gasteiger charge is 2.37. The molecule has 0 saturated heterocycles. The molecular weight excluding hydrogens is 164 g/mol. The van der Waals surface area contributed by atoms with E-state index in [-0.39, 0.29) is 0 Å². The van der Waals surface area contributed by atoms with E-state index in [2.05, 4.69) is 44.3 Å². The topological polar surface area (TPSA) is 9.23 Å². The molecule has 1 aliphatic heterocycles. The SMILES string of the molecule is C[C@@H]1O[Si](C)(C)c2ccccc21. The van der Waals surface area contributed by atoms with Gasteiger partial charge >= 0.3 is 0 Å². The number of fused-ring (bicyclic) bond motifs is 1. The molecule has 0 aliphatic carbocycles. The highest BCUT2D eigenvalue weighted by molar-refractivity contribution is 6.85. The minimum absolute atomic E-state index is 0.308. The summed E-state index contributed by atoms with van der Waals surface area (Å²) in [6, 6.07) is 8.59. The summed E-state index contributed by atoms with van der Waals surface area (Å²) in [5.41, 5.74) is 1.40. The number of benzene rings is 1. The van der Waals surface area contributed by atoms with Gasteiger partial charge in [-0.25, -0.2) is 0 Å². The minimum atomic E-state index is -1.52. The molecule has 0 unspecified atom stereocenters. The zero-order chi connectivity index (χ0) is 8.77. The number of hydrogen-bond acceptors (Lipinski definition) is 1. The first-order valence-electron chi connectivity index (χ1n) is 4.38. The first kappa shape index (κ1) is 8.02. The summed E-state index contributed by atoms with van der Waals surface area (Å²) in [5.74, 6) is 0. The van der Waals surface area contributed by atoms with E-state index in [1.54, 1.807) is 0 Å². The molecule has 0 fully saturated rings. The van der Waals surface area contributed by atoms with E-state index >= 15 is 0 Å². The maximum atomic E-state index is 5.96. The lowest BCUT2D eigenvalue weighted by molar-refractivity contribution is 0.238. The molecule has 12 heavy (non-hydrogen) atoms. The molecule has 64 valence electrons. The van der Waals surface area contributed by atoms with Gasteiger partial charge in [0.2, 0.25) is 8.32 Å². The monoisotopic (exact) mass is 178 g/mol. The van der Waals surface area contributed by atoms with Crippen molar-refractivity contribution in [2.24, 2.45) is 0 Å². The van der Waals surface area contributed by atoms with Crippen LogP contribution < -0.4 is 5.19 Å². The summed E-state index contributed by atoms with van der Waals surface area (Å²) in [5, 5.41) is 1.47. The van der Waals surface area contributed by atoms with Crippen molar-refractivity contribution in [3.8, 4) is 0 Å². The second kappa shape index (κ2) is 2.44. The first-order valence-corrected chi connectivity index (χ1v) is 7.29. The molecule has 0 amide bonds. The summed E-state index contributed by atoms with van der Waals surface area (Å²) < 4.78 is 5.96. The molecule has 1 aromatic rings. The Kier molecular flexibility index (Phi) is 1.63. The molecule has 0 radical (unpaired) electrons. The third-order valence-electron chi connectivity index (χ3n) is 2.52. The Morgan fingerprint density at radius 2 is 1.92 bits per heavy atom. The third-order valence-corrected chi connectivity index (χ3v) is 5.21. The van der Waals surface area contributed by atoms with Crippen LogP contribution in [0.5, 0.6) is 0 Å². The fraction of sp³-hybridized carbons (Fsp3) is 0.400. The molecule has 0 N–H and O–H groups in total. The van der Waals surface area contributed by atoms with Gasteiger partial charge in [-0.1, -0.05) is 24.3 Å². The quantitative estimate of drug-likeness (QED) is 0.553. The highest BCUT2D eigenvalue weighted by atomic mass is 28.4. The molecule has 0 bridgehead atoms. The second-order valence-electron chi connectivity index (χ2n) is 3.86. The van der Waals surface area contributed by atoms with Crippen LogP contribution in [0.15, 0.2) is 24.3 Å². The third kappa shape index (κ3) is 1.03. The second-order valence-corrected chi connectivity index (χ2v) is 7.65. The molecule has 0 saturated carbocycles. The number of hydrogen-bond donors (Lipinski definition) is 0. The Morgan fingerprint density at radius 3 is 2.58 bits per heavy atom. The Hall–Kier alpha value is -0.603. The van der Waals surface area contributed by atoms with Crippen LogP contribution in [0.1, 0.15) is 18.6 Å². The highest BCUT2D eigenvalue weighted by Crippen LogP contribution is 2.28.